The number of halogens is 1. The first-order valence-corrected chi connectivity index (χ1v) is 11.6. The zero-order valence-electron chi connectivity index (χ0n) is 18.4. The fraction of sp³-hybridized carbons (Fsp3) is 0.400. The summed E-state index contributed by atoms with van der Waals surface area (Å²) in [6.07, 6.45) is 2.62. The smallest absolute Gasteiger partial charge is 0.256 e. The van der Waals surface area contributed by atoms with Crippen molar-refractivity contribution in [2.24, 2.45) is 5.92 Å². The molecule has 32 heavy (non-hydrogen) atoms. The maximum absolute atomic E-state index is 13.4. The van der Waals surface area contributed by atoms with Gasteiger partial charge in [0, 0.05) is 23.5 Å². The average Bonchev–Trinajstić information content (AvgIpc) is 2.89. The van der Waals surface area contributed by atoms with Crippen LogP contribution in [0.25, 0.3) is 11.1 Å². The molecule has 4 rings (SSSR count). The highest BCUT2D eigenvalue weighted by atomic mass is 35.5. The Morgan fingerprint density at radius 2 is 1.81 bits per heavy atom. The molecular weight excluding hydrogens is 426 g/mol. The Morgan fingerprint density at radius 1 is 1.12 bits per heavy atom. The van der Waals surface area contributed by atoms with Gasteiger partial charge in [-0.1, -0.05) is 43.6 Å². The van der Waals surface area contributed by atoms with E-state index >= 15 is 0 Å². The summed E-state index contributed by atoms with van der Waals surface area (Å²) in [5.41, 5.74) is 2.83. The zero-order valence-corrected chi connectivity index (χ0v) is 19.1. The second kappa shape index (κ2) is 9.33. The number of fused-ring (bicyclic) bond motifs is 2. The summed E-state index contributed by atoms with van der Waals surface area (Å²) in [4.78, 5) is 40.6. The lowest BCUT2D eigenvalue weighted by molar-refractivity contribution is -0.127. The van der Waals surface area contributed by atoms with Crippen LogP contribution < -0.4 is 10.6 Å². The number of anilines is 1. The van der Waals surface area contributed by atoms with Crippen molar-refractivity contribution in [1.29, 1.82) is 0 Å². The number of carbonyl (C=O) groups is 3. The molecule has 2 heterocycles. The largest absolute Gasteiger partial charge is 0.353 e. The van der Waals surface area contributed by atoms with Crippen molar-refractivity contribution in [1.82, 2.24) is 10.2 Å². The van der Waals surface area contributed by atoms with Crippen LogP contribution >= 0.6 is 11.6 Å². The normalized spacial score (nSPS) is 20.3. The van der Waals surface area contributed by atoms with Crippen molar-refractivity contribution < 1.29 is 14.4 Å². The van der Waals surface area contributed by atoms with Crippen molar-refractivity contribution in [2.75, 3.05) is 11.9 Å². The van der Waals surface area contributed by atoms with E-state index in [0.29, 0.717) is 35.7 Å². The van der Waals surface area contributed by atoms with Crippen LogP contribution in [0.3, 0.4) is 0 Å². The lowest BCUT2D eigenvalue weighted by Gasteiger charge is -2.37. The molecule has 168 valence electrons. The fourth-order valence-electron chi connectivity index (χ4n) is 4.59. The van der Waals surface area contributed by atoms with Crippen molar-refractivity contribution in [2.45, 2.75) is 51.6 Å². The van der Waals surface area contributed by atoms with Crippen LogP contribution in [-0.2, 0) is 9.59 Å². The number of nitrogens with zero attached hydrogens (tertiary/aromatic N) is 1. The summed E-state index contributed by atoms with van der Waals surface area (Å²) >= 11 is 5.99. The zero-order chi connectivity index (χ0) is 22.8. The highest BCUT2D eigenvalue weighted by molar-refractivity contribution is 6.30. The molecule has 2 aliphatic heterocycles. The molecule has 6 nitrogen and oxygen atoms in total. The number of piperidine rings is 1. The second-order valence-corrected chi connectivity index (χ2v) is 8.95. The van der Waals surface area contributed by atoms with Crippen LogP contribution in [0.2, 0.25) is 5.02 Å². The van der Waals surface area contributed by atoms with Gasteiger partial charge in [0.25, 0.3) is 5.91 Å². The Bertz CT molecular complexity index is 1030. The standard InChI is InChI=1S/C25H28ClN3O3/c1-3-15(4-2)23(30)27-19-11-12-29-22(14-19)24(31)28-21-10-7-17(13-20(21)25(29)32)16-5-8-18(26)9-6-16/h5-10,13,15,19,22H,3-4,11-12,14H2,1-2H3,(H,27,30)(H,28,31)/t19-,22+/m1/s1. The van der Waals surface area contributed by atoms with Crippen LogP contribution in [-0.4, -0.2) is 41.2 Å². The average molecular weight is 454 g/mol. The Labute approximate surface area is 193 Å². The van der Waals surface area contributed by atoms with E-state index in [9.17, 15) is 14.4 Å². The molecule has 0 unspecified atom stereocenters. The monoisotopic (exact) mass is 453 g/mol. The first-order valence-electron chi connectivity index (χ1n) is 11.2. The van der Waals surface area contributed by atoms with Gasteiger partial charge in [0.1, 0.15) is 6.04 Å². The van der Waals surface area contributed by atoms with Crippen molar-refractivity contribution in [3.05, 3.63) is 53.1 Å². The molecule has 0 aliphatic carbocycles. The highest BCUT2D eigenvalue weighted by Gasteiger charge is 2.40. The second-order valence-electron chi connectivity index (χ2n) is 8.51. The third-order valence-electron chi connectivity index (χ3n) is 6.55. The predicted octanol–water partition coefficient (Wildman–Crippen LogP) is 4.48. The summed E-state index contributed by atoms with van der Waals surface area (Å²) in [7, 11) is 0. The quantitative estimate of drug-likeness (QED) is 0.700. The van der Waals surface area contributed by atoms with Gasteiger partial charge in [0.2, 0.25) is 11.8 Å². The SMILES string of the molecule is CCC(CC)C(=O)N[C@@H]1CCN2C(=O)c3cc(-c4ccc(Cl)cc4)ccc3NC(=O)[C@@H]2C1. The van der Waals surface area contributed by atoms with Crippen molar-refractivity contribution in [3.63, 3.8) is 0 Å². The molecule has 1 fully saturated rings. The number of rotatable bonds is 5. The van der Waals surface area contributed by atoms with Gasteiger partial charge in [-0.05, 0) is 61.1 Å². The molecule has 0 spiro atoms. The molecule has 0 radical (unpaired) electrons. The molecular formula is C25H28ClN3O3. The van der Waals surface area contributed by atoms with Crippen LogP contribution in [0.5, 0.6) is 0 Å². The number of hydrogen-bond acceptors (Lipinski definition) is 3. The van der Waals surface area contributed by atoms with E-state index in [2.05, 4.69) is 10.6 Å². The Balaban J connectivity index is 1.55. The molecule has 2 aliphatic rings. The first kappa shape index (κ1) is 22.3. The number of carbonyl (C=O) groups excluding carboxylic acids is 3. The molecule has 0 aromatic heterocycles. The minimum atomic E-state index is -0.602. The van der Waals surface area contributed by atoms with Gasteiger partial charge in [-0.2, -0.15) is 0 Å². The lowest BCUT2D eigenvalue weighted by atomic mass is 9.94. The highest BCUT2D eigenvalue weighted by Crippen LogP contribution is 2.32. The van der Waals surface area contributed by atoms with Gasteiger partial charge in [-0.3, -0.25) is 14.4 Å². The minimum Gasteiger partial charge on any atom is -0.353 e. The molecule has 2 aromatic rings. The number of nitrogens with one attached hydrogen (secondary N) is 2. The third kappa shape index (κ3) is 4.37. The van der Waals surface area contributed by atoms with Gasteiger partial charge in [0.05, 0.1) is 11.3 Å². The van der Waals surface area contributed by atoms with Crippen LogP contribution in [0.15, 0.2) is 42.5 Å². The molecule has 3 amide bonds. The molecule has 0 bridgehead atoms. The molecule has 2 atom stereocenters. The summed E-state index contributed by atoms with van der Waals surface area (Å²) in [5.74, 6) is -0.361. The van der Waals surface area contributed by atoms with Gasteiger partial charge in [-0.15, -0.1) is 0 Å². The van der Waals surface area contributed by atoms with Crippen molar-refractivity contribution >= 4 is 35.0 Å². The Hall–Kier alpha value is -2.86. The van der Waals surface area contributed by atoms with Crippen LogP contribution in [0.4, 0.5) is 5.69 Å². The van der Waals surface area contributed by atoms with Gasteiger partial charge < -0.3 is 15.5 Å². The van der Waals surface area contributed by atoms with Crippen LogP contribution in [0.1, 0.15) is 49.9 Å². The number of benzene rings is 2. The molecule has 2 aromatic carbocycles. The van der Waals surface area contributed by atoms with Crippen LogP contribution in [0, 0.1) is 5.92 Å². The van der Waals surface area contributed by atoms with E-state index in [-0.39, 0.29) is 29.7 Å². The topological polar surface area (TPSA) is 78.5 Å². The van der Waals surface area contributed by atoms with E-state index in [1.165, 1.54) is 0 Å². The number of amides is 3. The van der Waals surface area contributed by atoms with Gasteiger partial charge in [-0.25, -0.2) is 0 Å². The summed E-state index contributed by atoms with van der Waals surface area (Å²) < 4.78 is 0. The number of hydrogen-bond donors (Lipinski definition) is 2. The van der Waals surface area contributed by atoms with Gasteiger partial charge >= 0.3 is 0 Å². The maximum atomic E-state index is 13.4. The van der Waals surface area contributed by atoms with E-state index in [1.807, 2.05) is 50.2 Å². The van der Waals surface area contributed by atoms with E-state index < -0.39 is 6.04 Å². The molecule has 0 saturated carbocycles. The third-order valence-corrected chi connectivity index (χ3v) is 6.81. The Morgan fingerprint density at radius 3 is 2.50 bits per heavy atom. The van der Waals surface area contributed by atoms with E-state index in [0.717, 1.165) is 24.0 Å². The lowest BCUT2D eigenvalue weighted by Crippen LogP contribution is -2.55. The minimum absolute atomic E-state index is 0.0202. The summed E-state index contributed by atoms with van der Waals surface area (Å²) in [6.45, 7) is 4.43. The first-order chi connectivity index (χ1) is 15.4. The summed E-state index contributed by atoms with van der Waals surface area (Å²) in [6, 6.07) is 12.2. The summed E-state index contributed by atoms with van der Waals surface area (Å²) in [5, 5.41) is 6.67. The molecule has 1 saturated heterocycles. The van der Waals surface area contributed by atoms with E-state index in [1.54, 1.807) is 11.0 Å². The maximum Gasteiger partial charge on any atom is 0.256 e. The molecule has 2 N–H and O–H groups in total. The fourth-order valence-corrected chi connectivity index (χ4v) is 4.72. The van der Waals surface area contributed by atoms with Gasteiger partial charge in [0.15, 0.2) is 0 Å². The Kier molecular flexibility index (Phi) is 6.51. The predicted molar refractivity (Wildman–Crippen MR) is 126 cm³/mol. The molecule has 7 heteroatoms. The van der Waals surface area contributed by atoms with Crippen molar-refractivity contribution in [3.8, 4) is 11.1 Å². The van der Waals surface area contributed by atoms with E-state index in [4.69, 9.17) is 11.6 Å².